The van der Waals surface area contributed by atoms with Gasteiger partial charge in [0.05, 0.1) is 43.5 Å². The smallest absolute Gasteiger partial charge is 0.306 e. The molecule has 2 atom stereocenters. The summed E-state index contributed by atoms with van der Waals surface area (Å²) >= 11 is 0. The van der Waals surface area contributed by atoms with Crippen LogP contribution in [0.15, 0.2) is 12.4 Å². The van der Waals surface area contributed by atoms with E-state index in [2.05, 4.69) is 10.4 Å². The zero-order chi connectivity index (χ0) is 14.4. The predicted molar refractivity (Wildman–Crippen MR) is 68.3 cm³/mol. The summed E-state index contributed by atoms with van der Waals surface area (Å²) in [5.41, 5.74) is -0.0853. The van der Waals surface area contributed by atoms with E-state index in [1.807, 2.05) is 0 Å². The Morgan fingerprint density at radius 3 is 3.15 bits per heavy atom. The van der Waals surface area contributed by atoms with E-state index in [4.69, 9.17) is 9.47 Å². The molecular formula is C11H18N4O5. The molecule has 0 aliphatic carbocycles. The van der Waals surface area contributed by atoms with E-state index in [0.717, 1.165) is 6.20 Å². The summed E-state index contributed by atoms with van der Waals surface area (Å²) in [5.74, 6) is 0. The lowest BCUT2D eigenvalue weighted by molar-refractivity contribution is -0.385. The van der Waals surface area contributed by atoms with Crippen LogP contribution in [0.3, 0.4) is 0 Å². The standard InChI is InChI=1S/C11H18N4O5/c16-10(4-12-5-11-8-19-1-2-20-11)7-14-6-9(3-13-14)15(17)18/h3,6,10-12,16H,1-2,4-5,7-8H2. The lowest BCUT2D eigenvalue weighted by Crippen LogP contribution is -2.40. The molecule has 9 heteroatoms. The summed E-state index contributed by atoms with van der Waals surface area (Å²) in [4.78, 5) is 9.98. The first-order valence-electron chi connectivity index (χ1n) is 6.40. The topological polar surface area (TPSA) is 112 Å². The highest BCUT2D eigenvalue weighted by Gasteiger charge is 2.15. The zero-order valence-electron chi connectivity index (χ0n) is 11.0. The van der Waals surface area contributed by atoms with Crippen molar-refractivity contribution in [3.8, 4) is 0 Å². The summed E-state index contributed by atoms with van der Waals surface area (Å²) in [6.07, 6.45) is 1.77. The average molecular weight is 286 g/mol. The van der Waals surface area contributed by atoms with Gasteiger partial charge in [-0.3, -0.25) is 14.8 Å². The summed E-state index contributed by atoms with van der Waals surface area (Å²) in [7, 11) is 0. The Labute approximate surface area is 115 Å². The second kappa shape index (κ2) is 7.29. The first-order valence-corrected chi connectivity index (χ1v) is 6.40. The molecule has 0 amide bonds. The van der Waals surface area contributed by atoms with Gasteiger partial charge in [-0.2, -0.15) is 5.10 Å². The molecule has 0 spiro atoms. The maximum atomic E-state index is 10.5. The Kier molecular flexibility index (Phi) is 5.41. The molecule has 9 nitrogen and oxygen atoms in total. The van der Waals surface area contributed by atoms with E-state index in [-0.39, 0.29) is 18.3 Å². The number of hydrogen-bond acceptors (Lipinski definition) is 7. The van der Waals surface area contributed by atoms with Gasteiger partial charge in [-0.05, 0) is 0 Å². The number of aliphatic hydroxyl groups is 1. The molecule has 1 fully saturated rings. The van der Waals surface area contributed by atoms with Crippen LogP contribution < -0.4 is 5.32 Å². The molecule has 2 heterocycles. The van der Waals surface area contributed by atoms with Gasteiger partial charge >= 0.3 is 5.69 Å². The summed E-state index contributed by atoms with van der Waals surface area (Å²) in [6, 6.07) is 0. The van der Waals surface area contributed by atoms with Gasteiger partial charge in [0.25, 0.3) is 0 Å². The first kappa shape index (κ1) is 14.9. The number of ether oxygens (including phenoxy) is 2. The lowest BCUT2D eigenvalue weighted by atomic mass is 10.3. The van der Waals surface area contributed by atoms with Crippen LogP contribution in [0.25, 0.3) is 0 Å². The zero-order valence-corrected chi connectivity index (χ0v) is 11.0. The van der Waals surface area contributed by atoms with Gasteiger partial charge < -0.3 is 19.9 Å². The molecule has 1 aliphatic heterocycles. The van der Waals surface area contributed by atoms with Crippen LogP contribution in [0, 0.1) is 10.1 Å². The summed E-state index contributed by atoms with van der Waals surface area (Å²) in [5, 5.41) is 27.2. The van der Waals surface area contributed by atoms with Crippen molar-refractivity contribution in [2.75, 3.05) is 32.9 Å². The fourth-order valence-electron chi connectivity index (χ4n) is 1.89. The number of aromatic nitrogens is 2. The van der Waals surface area contributed by atoms with Crippen LogP contribution in [0.1, 0.15) is 0 Å². The van der Waals surface area contributed by atoms with Crippen molar-refractivity contribution in [2.45, 2.75) is 18.8 Å². The van der Waals surface area contributed by atoms with Gasteiger partial charge in [-0.15, -0.1) is 0 Å². The quantitative estimate of drug-likeness (QED) is 0.496. The van der Waals surface area contributed by atoms with E-state index in [9.17, 15) is 15.2 Å². The minimum absolute atomic E-state index is 0.00161. The number of rotatable bonds is 7. The van der Waals surface area contributed by atoms with Gasteiger partial charge in [0.1, 0.15) is 12.4 Å². The van der Waals surface area contributed by atoms with Crippen LogP contribution >= 0.6 is 0 Å². The maximum Gasteiger partial charge on any atom is 0.306 e. The number of aliphatic hydroxyl groups excluding tert-OH is 1. The molecule has 1 aromatic heterocycles. The molecule has 0 radical (unpaired) electrons. The molecule has 2 N–H and O–H groups in total. The predicted octanol–water partition coefficient (Wildman–Crippen LogP) is -0.843. The van der Waals surface area contributed by atoms with Gasteiger partial charge in [0, 0.05) is 13.1 Å². The van der Waals surface area contributed by atoms with Gasteiger partial charge in [-0.25, -0.2) is 0 Å². The number of nitrogens with one attached hydrogen (secondary N) is 1. The van der Waals surface area contributed by atoms with E-state index < -0.39 is 11.0 Å². The van der Waals surface area contributed by atoms with Crippen LogP contribution in [0.4, 0.5) is 5.69 Å². The van der Waals surface area contributed by atoms with Crippen molar-refractivity contribution < 1.29 is 19.5 Å². The van der Waals surface area contributed by atoms with Crippen molar-refractivity contribution in [2.24, 2.45) is 0 Å². The van der Waals surface area contributed by atoms with Crippen LogP contribution in [-0.4, -0.2) is 64.9 Å². The third kappa shape index (κ3) is 4.53. The maximum absolute atomic E-state index is 10.5. The minimum atomic E-state index is -0.681. The van der Waals surface area contributed by atoms with Crippen molar-refractivity contribution >= 4 is 5.69 Å². The van der Waals surface area contributed by atoms with Crippen LogP contribution in [0.2, 0.25) is 0 Å². The fourth-order valence-corrected chi connectivity index (χ4v) is 1.89. The molecule has 0 saturated carbocycles. The van der Waals surface area contributed by atoms with E-state index in [0.29, 0.717) is 32.9 Å². The Balaban J connectivity index is 1.66. The van der Waals surface area contributed by atoms with Crippen LogP contribution in [0.5, 0.6) is 0 Å². The van der Waals surface area contributed by atoms with E-state index in [1.54, 1.807) is 0 Å². The van der Waals surface area contributed by atoms with Gasteiger partial charge in [0.2, 0.25) is 0 Å². The Hall–Kier alpha value is -1.55. The van der Waals surface area contributed by atoms with Crippen LogP contribution in [-0.2, 0) is 16.0 Å². The average Bonchev–Trinajstić information content (AvgIpc) is 2.88. The first-order chi connectivity index (χ1) is 9.65. The Bertz CT molecular complexity index is 432. The molecule has 1 aromatic rings. The van der Waals surface area contributed by atoms with Crippen molar-refractivity contribution in [3.05, 3.63) is 22.5 Å². The number of nitrogens with zero attached hydrogens (tertiary/aromatic N) is 3. The van der Waals surface area contributed by atoms with Crippen molar-refractivity contribution in [1.29, 1.82) is 0 Å². The molecular weight excluding hydrogens is 268 g/mol. The number of nitro groups is 1. The second-order valence-electron chi connectivity index (χ2n) is 4.56. The largest absolute Gasteiger partial charge is 0.390 e. The normalized spacial score (nSPS) is 20.8. The Morgan fingerprint density at radius 2 is 2.50 bits per heavy atom. The van der Waals surface area contributed by atoms with E-state index >= 15 is 0 Å². The molecule has 0 bridgehead atoms. The Morgan fingerprint density at radius 1 is 1.65 bits per heavy atom. The molecule has 1 saturated heterocycles. The molecule has 20 heavy (non-hydrogen) atoms. The SMILES string of the molecule is O=[N+]([O-])c1cnn(CC(O)CNCC2COCCO2)c1. The monoisotopic (exact) mass is 286 g/mol. The van der Waals surface area contributed by atoms with Gasteiger partial charge in [0.15, 0.2) is 0 Å². The highest BCUT2D eigenvalue weighted by molar-refractivity contribution is 5.20. The number of hydrogen-bond donors (Lipinski definition) is 2. The fraction of sp³-hybridized carbons (Fsp3) is 0.727. The molecule has 112 valence electrons. The van der Waals surface area contributed by atoms with Crippen molar-refractivity contribution in [3.63, 3.8) is 0 Å². The van der Waals surface area contributed by atoms with Crippen molar-refractivity contribution in [1.82, 2.24) is 15.1 Å². The third-order valence-electron chi connectivity index (χ3n) is 2.87. The highest BCUT2D eigenvalue weighted by atomic mass is 16.6. The minimum Gasteiger partial charge on any atom is -0.390 e. The molecule has 1 aliphatic rings. The summed E-state index contributed by atoms with van der Waals surface area (Å²) < 4.78 is 12.1. The molecule has 2 rings (SSSR count). The highest BCUT2D eigenvalue weighted by Crippen LogP contribution is 2.08. The van der Waals surface area contributed by atoms with Gasteiger partial charge in [-0.1, -0.05) is 0 Å². The summed E-state index contributed by atoms with van der Waals surface area (Å²) in [6.45, 7) is 2.91. The second-order valence-corrected chi connectivity index (χ2v) is 4.56. The molecule has 2 unspecified atom stereocenters. The lowest BCUT2D eigenvalue weighted by Gasteiger charge is -2.23. The third-order valence-corrected chi connectivity index (χ3v) is 2.87. The molecule has 0 aromatic carbocycles. The van der Waals surface area contributed by atoms with E-state index in [1.165, 1.54) is 10.9 Å².